The van der Waals surface area contributed by atoms with Gasteiger partial charge in [0, 0.05) is 11.6 Å². The van der Waals surface area contributed by atoms with Crippen LogP contribution in [0.25, 0.3) is 6.08 Å². The van der Waals surface area contributed by atoms with E-state index in [0.717, 1.165) is 6.08 Å². The average molecular weight is 387 g/mol. The number of hydrogen-bond acceptors (Lipinski definition) is 5. The molecule has 0 fully saturated rings. The molecule has 0 amide bonds. The Kier molecular flexibility index (Phi) is 6.11. The van der Waals surface area contributed by atoms with Crippen molar-refractivity contribution in [1.82, 2.24) is 0 Å². The van der Waals surface area contributed by atoms with Crippen LogP contribution in [-0.2, 0) is 14.8 Å². The molecule has 7 nitrogen and oxygen atoms in total. The molecule has 0 heterocycles. The first kappa shape index (κ1) is 19.9. The van der Waals surface area contributed by atoms with Gasteiger partial charge in [0.2, 0.25) is 0 Å². The third-order valence-electron chi connectivity index (χ3n) is 3.46. The fourth-order valence-electron chi connectivity index (χ4n) is 2.30. The lowest BCUT2D eigenvalue weighted by molar-refractivity contribution is -0.131. The average Bonchev–Trinajstić information content (AvgIpc) is 2.65. The molecule has 0 unspecified atom stereocenters. The van der Waals surface area contributed by atoms with Gasteiger partial charge in [0.15, 0.2) is 11.5 Å². The van der Waals surface area contributed by atoms with Crippen molar-refractivity contribution >= 4 is 27.8 Å². The van der Waals surface area contributed by atoms with Gasteiger partial charge in [-0.2, -0.15) is 0 Å². The Morgan fingerprint density at radius 1 is 1.22 bits per heavy atom. The summed E-state index contributed by atoms with van der Waals surface area (Å²) in [5.41, 5.74) is 1.10. The second kappa shape index (κ2) is 8.29. The van der Waals surface area contributed by atoms with Crippen LogP contribution >= 0.6 is 0 Å². The quantitative estimate of drug-likeness (QED) is 0.559. The number of anilines is 1. The zero-order valence-corrected chi connectivity index (χ0v) is 15.4. The monoisotopic (exact) mass is 387 g/mol. The number of nitrogens with one attached hydrogen (secondary N) is 1. The fraction of sp³-hybridized carbons (Fsp3) is 0.105. The minimum Gasteiger partial charge on any atom is -0.493 e. The molecule has 2 N–H and O–H groups in total. The van der Waals surface area contributed by atoms with E-state index in [1.54, 1.807) is 18.2 Å². The number of carboxylic acid groups (broad SMARTS) is 1. The maximum absolute atomic E-state index is 12.9. The van der Waals surface area contributed by atoms with E-state index in [1.165, 1.54) is 38.5 Å². The summed E-state index contributed by atoms with van der Waals surface area (Å²) in [6.45, 7) is 0. The van der Waals surface area contributed by atoms with Gasteiger partial charge in [-0.1, -0.05) is 12.0 Å². The van der Waals surface area contributed by atoms with E-state index in [2.05, 4.69) is 10.6 Å². The second-order valence-electron chi connectivity index (χ2n) is 5.26. The molecule has 0 radical (unpaired) electrons. The summed E-state index contributed by atoms with van der Waals surface area (Å²) in [5, 5.41) is 8.79. The van der Waals surface area contributed by atoms with Crippen molar-refractivity contribution in [3.63, 3.8) is 0 Å². The molecule has 140 valence electrons. The van der Waals surface area contributed by atoms with E-state index in [0.29, 0.717) is 11.1 Å². The largest absolute Gasteiger partial charge is 0.493 e. The zero-order valence-electron chi connectivity index (χ0n) is 14.6. The third-order valence-corrected chi connectivity index (χ3v) is 4.84. The van der Waals surface area contributed by atoms with Crippen molar-refractivity contribution in [1.29, 1.82) is 0 Å². The van der Waals surface area contributed by atoms with Gasteiger partial charge in [-0.15, -0.1) is 6.42 Å². The van der Waals surface area contributed by atoms with E-state index in [-0.39, 0.29) is 22.1 Å². The van der Waals surface area contributed by atoms with Crippen LogP contribution in [0.5, 0.6) is 11.5 Å². The highest BCUT2D eigenvalue weighted by Gasteiger charge is 2.24. The molecule has 2 aromatic carbocycles. The molecule has 0 spiro atoms. The summed E-state index contributed by atoms with van der Waals surface area (Å²) in [5.74, 6) is 1.39. The van der Waals surface area contributed by atoms with Crippen molar-refractivity contribution in [3.8, 4) is 23.8 Å². The minimum atomic E-state index is -4.08. The van der Waals surface area contributed by atoms with E-state index in [9.17, 15) is 13.2 Å². The van der Waals surface area contributed by atoms with E-state index in [4.69, 9.17) is 21.0 Å². The molecule has 27 heavy (non-hydrogen) atoms. The molecule has 0 atom stereocenters. The molecule has 0 saturated carbocycles. The standard InChI is InChI=1S/C19H17NO6S/c1-4-13-6-5-7-15(10-13)20-27(23,24)17-12-14(8-9-18(21)22)11-16(25-2)19(17)26-3/h1,5-12,20H,2-3H3,(H,21,22)/b9-8+. The van der Waals surface area contributed by atoms with Gasteiger partial charge in [0.1, 0.15) is 4.90 Å². The minimum absolute atomic E-state index is 0.00872. The lowest BCUT2D eigenvalue weighted by Gasteiger charge is -2.15. The van der Waals surface area contributed by atoms with Crippen LogP contribution in [0.1, 0.15) is 11.1 Å². The number of sulfonamides is 1. The number of carboxylic acids is 1. The predicted octanol–water partition coefficient (Wildman–Crippen LogP) is 2.58. The summed E-state index contributed by atoms with van der Waals surface area (Å²) in [6.07, 6.45) is 7.48. The molecule has 2 rings (SSSR count). The van der Waals surface area contributed by atoms with E-state index < -0.39 is 16.0 Å². The summed E-state index contributed by atoms with van der Waals surface area (Å²) in [7, 11) is -1.42. The van der Waals surface area contributed by atoms with Crippen LogP contribution in [-0.4, -0.2) is 33.7 Å². The first-order chi connectivity index (χ1) is 12.8. The Bertz CT molecular complexity index is 1030. The van der Waals surface area contributed by atoms with Crippen LogP contribution in [0, 0.1) is 12.3 Å². The van der Waals surface area contributed by atoms with Crippen molar-refractivity contribution < 1.29 is 27.8 Å². The van der Waals surface area contributed by atoms with Gasteiger partial charge >= 0.3 is 5.97 Å². The van der Waals surface area contributed by atoms with Crippen LogP contribution in [0.15, 0.2) is 47.4 Å². The Hall–Kier alpha value is -3.44. The van der Waals surface area contributed by atoms with Crippen molar-refractivity contribution in [2.24, 2.45) is 0 Å². The maximum atomic E-state index is 12.9. The molecule has 0 saturated heterocycles. The molecule has 0 bridgehead atoms. The van der Waals surface area contributed by atoms with Crippen molar-refractivity contribution in [2.45, 2.75) is 4.90 Å². The van der Waals surface area contributed by atoms with Gasteiger partial charge in [-0.3, -0.25) is 4.72 Å². The van der Waals surface area contributed by atoms with Gasteiger partial charge in [-0.05, 0) is 42.0 Å². The number of carbonyl (C=O) groups is 1. The molecule has 0 aromatic heterocycles. The predicted molar refractivity (Wildman–Crippen MR) is 101 cm³/mol. The Labute approximate surface area is 157 Å². The molecule has 0 aliphatic rings. The molecular formula is C19H17NO6S. The number of rotatable bonds is 7. The highest BCUT2D eigenvalue weighted by atomic mass is 32.2. The van der Waals surface area contributed by atoms with Crippen LogP contribution in [0.4, 0.5) is 5.69 Å². The zero-order chi connectivity index (χ0) is 20.0. The normalized spacial score (nSPS) is 11.0. The highest BCUT2D eigenvalue weighted by molar-refractivity contribution is 7.92. The number of terminal acetylenes is 1. The first-order valence-electron chi connectivity index (χ1n) is 7.57. The number of ether oxygens (including phenoxy) is 2. The summed E-state index contributed by atoms with van der Waals surface area (Å²) >= 11 is 0. The first-order valence-corrected chi connectivity index (χ1v) is 9.05. The Balaban J connectivity index is 2.57. The molecular weight excluding hydrogens is 370 g/mol. The number of methoxy groups -OCH3 is 2. The van der Waals surface area contributed by atoms with Crippen molar-refractivity contribution in [2.75, 3.05) is 18.9 Å². The van der Waals surface area contributed by atoms with Gasteiger partial charge in [-0.25, -0.2) is 13.2 Å². The van der Waals surface area contributed by atoms with Gasteiger partial charge in [0.05, 0.1) is 19.9 Å². The summed E-state index contributed by atoms with van der Waals surface area (Å²) < 4.78 is 38.6. The lowest BCUT2D eigenvalue weighted by Crippen LogP contribution is -2.15. The van der Waals surface area contributed by atoms with E-state index >= 15 is 0 Å². The topological polar surface area (TPSA) is 102 Å². The second-order valence-corrected chi connectivity index (χ2v) is 6.91. The van der Waals surface area contributed by atoms with Gasteiger partial charge < -0.3 is 14.6 Å². The number of benzene rings is 2. The number of aliphatic carboxylic acids is 1. The van der Waals surface area contributed by atoms with Crippen LogP contribution in [0.3, 0.4) is 0 Å². The van der Waals surface area contributed by atoms with Crippen LogP contribution in [0.2, 0.25) is 0 Å². The van der Waals surface area contributed by atoms with Crippen LogP contribution < -0.4 is 14.2 Å². The molecule has 2 aromatic rings. The SMILES string of the molecule is C#Cc1cccc(NS(=O)(=O)c2cc(/C=C/C(=O)O)cc(OC)c2OC)c1. The molecule has 0 aliphatic carbocycles. The number of hydrogen-bond donors (Lipinski definition) is 2. The van der Waals surface area contributed by atoms with Crippen molar-refractivity contribution in [3.05, 3.63) is 53.6 Å². The highest BCUT2D eigenvalue weighted by Crippen LogP contribution is 2.36. The van der Waals surface area contributed by atoms with E-state index in [1.807, 2.05) is 0 Å². The fourth-order valence-corrected chi connectivity index (χ4v) is 3.56. The Morgan fingerprint density at radius 3 is 2.56 bits per heavy atom. The van der Waals surface area contributed by atoms with Gasteiger partial charge in [0.25, 0.3) is 10.0 Å². The molecule has 8 heteroatoms. The lowest BCUT2D eigenvalue weighted by atomic mass is 10.2. The third kappa shape index (κ3) is 4.80. The maximum Gasteiger partial charge on any atom is 0.328 e. The smallest absolute Gasteiger partial charge is 0.328 e. The Morgan fingerprint density at radius 2 is 1.96 bits per heavy atom. The summed E-state index contributed by atoms with van der Waals surface area (Å²) in [4.78, 5) is 10.5. The summed E-state index contributed by atoms with van der Waals surface area (Å²) in [6, 6.07) is 9.10. The molecule has 0 aliphatic heterocycles.